The van der Waals surface area contributed by atoms with E-state index in [4.69, 9.17) is 5.41 Å². The Kier molecular flexibility index (Phi) is 7.18. The van der Waals surface area contributed by atoms with Crippen LogP contribution < -0.4 is 5.32 Å². The summed E-state index contributed by atoms with van der Waals surface area (Å²) in [6.45, 7) is 2.67. The van der Waals surface area contributed by atoms with Crippen molar-refractivity contribution in [1.29, 1.82) is 5.41 Å². The molecule has 13 heteroatoms. The fraction of sp³-hybridized carbons (Fsp3) is 0.360. The smallest absolute Gasteiger partial charge is 0.412 e. The molecular weight excluding hydrogens is 528 g/mol. The number of amides is 2. The monoisotopic (exact) mass is 556 g/mol. The average molecular weight is 557 g/mol. The van der Waals surface area contributed by atoms with Crippen LogP contribution in [0.5, 0.6) is 0 Å². The molecule has 5 rings (SSSR count). The third kappa shape index (κ3) is 5.14. The minimum atomic E-state index is -3.80. The summed E-state index contributed by atoms with van der Waals surface area (Å²) in [5.74, 6) is -0.300. The molecule has 1 aromatic heterocycles. The molecule has 2 amide bonds. The standard InChI is InChI=1S/C25H28N6O5S2/c1-29-8-7-20-21(15-29)37-23(27-20)24(32)30-9-11-31(12-10-30)38(34,35)19-6-5-16-3-4-17(13-18(16)14-19)22(26)28-25(33)36-2/h3-6,13-14H,7-12,15H2,1-2H3,(H2,26,28,33). The molecule has 3 heterocycles. The van der Waals surface area contributed by atoms with Gasteiger partial charge in [-0.15, -0.1) is 11.3 Å². The SMILES string of the molecule is COC(=O)NC(=N)c1ccc2ccc(S(=O)(=O)N3CCN(C(=O)c4nc5c(s4)CN(C)CC5)CC3)cc2c1. The van der Waals surface area contributed by atoms with E-state index in [0.717, 1.165) is 35.5 Å². The number of methoxy groups -OCH3 is 1. The Hall–Kier alpha value is -3.39. The van der Waals surface area contributed by atoms with Gasteiger partial charge in [0.2, 0.25) is 10.0 Å². The van der Waals surface area contributed by atoms with E-state index in [1.807, 2.05) is 7.05 Å². The quantitative estimate of drug-likeness (QED) is 0.371. The number of carbonyl (C=O) groups excluding carboxylic acids is 2. The zero-order valence-electron chi connectivity index (χ0n) is 21.1. The lowest BCUT2D eigenvalue weighted by molar-refractivity contribution is 0.0697. The molecule has 3 aromatic rings. The van der Waals surface area contributed by atoms with Gasteiger partial charge in [-0.05, 0) is 36.0 Å². The minimum Gasteiger partial charge on any atom is -0.453 e. The van der Waals surface area contributed by atoms with Crippen molar-refractivity contribution in [2.45, 2.75) is 17.9 Å². The van der Waals surface area contributed by atoms with E-state index < -0.39 is 16.1 Å². The van der Waals surface area contributed by atoms with Crippen LogP contribution in [0.25, 0.3) is 10.8 Å². The van der Waals surface area contributed by atoms with E-state index in [1.54, 1.807) is 41.3 Å². The molecule has 2 N–H and O–H groups in total. The van der Waals surface area contributed by atoms with Gasteiger partial charge in [0, 0.05) is 56.1 Å². The number of aromatic nitrogens is 1. The van der Waals surface area contributed by atoms with Gasteiger partial charge in [0.25, 0.3) is 5.91 Å². The number of nitrogens with zero attached hydrogens (tertiary/aromatic N) is 4. The van der Waals surface area contributed by atoms with Gasteiger partial charge in [0.1, 0.15) is 5.84 Å². The summed E-state index contributed by atoms with van der Waals surface area (Å²) in [6, 6.07) is 9.91. The highest BCUT2D eigenvalue weighted by Gasteiger charge is 2.32. The van der Waals surface area contributed by atoms with Gasteiger partial charge < -0.3 is 14.5 Å². The summed E-state index contributed by atoms with van der Waals surface area (Å²) < 4.78 is 32.8. The Morgan fingerprint density at radius 1 is 1.05 bits per heavy atom. The molecule has 0 atom stereocenters. The zero-order valence-corrected chi connectivity index (χ0v) is 22.7. The summed E-state index contributed by atoms with van der Waals surface area (Å²) in [5.41, 5.74) is 1.41. The normalized spacial score (nSPS) is 16.7. The highest BCUT2D eigenvalue weighted by Crippen LogP contribution is 2.27. The number of rotatable bonds is 4. The van der Waals surface area contributed by atoms with Gasteiger partial charge in [-0.25, -0.2) is 18.2 Å². The van der Waals surface area contributed by atoms with Gasteiger partial charge in [-0.3, -0.25) is 15.5 Å². The van der Waals surface area contributed by atoms with E-state index in [-0.39, 0.29) is 42.8 Å². The first kappa shape index (κ1) is 26.2. The second kappa shape index (κ2) is 10.4. The maximum Gasteiger partial charge on any atom is 0.412 e. The van der Waals surface area contributed by atoms with Crippen LogP contribution in [0.3, 0.4) is 0 Å². The van der Waals surface area contributed by atoms with E-state index in [1.165, 1.54) is 22.8 Å². The number of piperazine rings is 1. The third-order valence-corrected chi connectivity index (χ3v) is 9.75. The number of benzene rings is 2. The van der Waals surface area contributed by atoms with Crippen LogP contribution in [-0.4, -0.2) is 92.2 Å². The van der Waals surface area contributed by atoms with E-state index in [9.17, 15) is 18.0 Å². The van der Waals surface area contributed by atoms with Crippen LogP contribution in [0.1, 0.15) is 25.9 Å². The summed E-state index contributed by atoms with van der Waals surface area (Å²) in [6.07, 6.45) is 0.0729. The molecule has 0 spiro atoms. The number of thiazole rings is 1. The Labute approximate surface area is 224 Å². The molecule has 1 saturated heterocycles. The van der Waals surface area contributed by atoms with Crippen molar-refractivity contribution in [3.8, 4) is 0 Å². The van der Waals surface area contributed by atoms with E-state index >= 15 is 0 Å². The lowest BCUT2D eigenvalue weighted by Gasteiger charge is -2.33. The van der Waals surface area contributed by atoms with Gasteiger partial charge in [0.15, 0.2) is 5.01 Å². The van der Waals surface area contributed by atoms with Crippen LogP contribution in [0, 0.1) is 5.41 Å². The predicted molar refractivity (Wildman–Crippen MR) is 143 cm³/mol. The first-order valence-electron chi connectivity index (χ1n) is 12.1. The van der Waals surface area contributed by atoms with Crippen LogP contribution in [0.15, 0.2) is 41.3 Å². The maximum absolute atomic E-state index is 13.4. The minimum absolute atomic E-state index is 0.131. The molecular formula is C25H28N6O5S2. The molecule has 200 valence electrons. The number of hydrogen-bond donors (Lipinski definition) is 2. The van der Waals surface area contributed by atoms with Crippen molar-refractivity contribution >= 4 is 50.0 Å². The number of nitrogens with one attached hydrogen (secondary N) is 2. The number of sulfonamides is 1. The molecule has 2 aromatic carbocycles. The molecule has 2 aliphatic heterocycles. The van der Waals surface area contributed by atoms with E-state index in [0.29, 0.717) is 16.0 Å². The van der Waals surface area contributed by atoms with E-state index in [2.05, 4.69) is 19.9 Å². The lowest BCUT2D eigenvalue weighted by atomic mass is 10.1. The number of likely N-dealkylation sites (N-methyl/N-ethyl adjacent to an activating group) is 1. The van der Waals surface area contributed by atoms with Crippen LogP contribution in [0.2, 0.25) is 0 Å². The molecule has 0 bridgehead atoms. The van der Waals surface area contributed by atoms with Crippen LogP contribution in [0.4, 0.5) is 4.79 Å². The third-order valence-electron chi connectivity index (χ3n) is 6.78. The lowest BCUT2D eigenvalue weighted by Crippen LogP contribution is -2.50. The maximum atomic E-state index is 13.4. The van der Waals surface area contributed by atoms with Gasteiger partial charge in [-0.1, -0.05) is 18.2 Å². The van der Waals surface area contributed by atoms with Crippen molar-refractivity contribution in [3.63, 3.8) is 0 Å². The Balaban J connectivity index is 1.28. The molecule has 0 aliphatic carbocycles. The summed E-state index contributed by atoms with van der Waals surface area (Å²) >= 11 is 1.43. The Morgan fingerprint density at radius 3 is 2.53 bits per heavy atom. The Bertz CT molecular complexity index is 1530. The molecule has 1 fully saturated rings. The van der Waals surface area contributed by atoms with Crippen molar-refractivity contribution in [2.75, 3.05) is 46.9 Å². The largest absolute Gasteiger partial charge is 0.453 e. The number of fused-ring (bicyclic) bond motifs is 2. The summed E-state index contributed by atoms with van der Waals surface area (Å²) in [5, 5.41) is 12.3. The molecule has 11 nitrogen and oxygen atoms in total. The van der Waals surface area contributed by atoms with Crippen molar-refractivity contribution < 1.29 is 22.7 Å². The highest BCUT2D eigenvalue weighted by molar-refractivity contribution is 7.89. The first-order chi connectivity index (χ1) is 18.2. The number of carbonyl (C=O) groups is 2. The second-order valence-corrected chi connectivity index (χ2v) is 12.3. The van der Waals surface area contributed by atoms with Crippen LogP contribution in [-0.2, 0) is 27.7 Å². The summed E-state index contributed by atoms with van der Waals surface area (Å²) in [7, 11) is -0.542. The first-order valence-corrected chi connectivity index (χ1v) is 14.4. The number of hydrogen-bond acceptors (Lipinski definition) is 9. The predicted octanol–water partition coefficient (Wildman–Crippen LogP) is 2.11. The molecule has 0 saturated carbocycles. The highest BCUT2D eigenvalue weighted by atomic mass is 32.2. The van der Waals surface area contributed by atoms with Gasteiger partial charge in [-0.2, -0.15) is 4.31 Å². The molecule has 2 aliphatic rings. The fourth-order valence-corrected chi connectivity index (χ4v) is 7.21. The average Bonchev–Trinajstić information content (AvgIpc) is 3.35. The second-order valence-electron chi connectivity index (χ2n) is 9.29. The van der Waals surface area contributed by atoms with Crippen molar-refractivity contribution in [1.82, 2.24) is 24.4 Å². The molecule has 0 radical (unpaired) electrons. The number of alkyl carbamates (subject to hydrolysis) is 1. The number of ether oxygens (including phenoxy) is 1. The van der Waals surface area contributed by atoms with Gasteiger partial charge >= 0.3 is 6.09 Å². The van der Waals surface area contributed by atoms with Gasteiger partial charge in [0.05, 0.1) is 17.7 Å². The van der Waals surface area contributed by atoms with Crippen LogP contribution >= 0.6 is 11.3 Å². The fourth-order valence-electron chi connectivity index (χ4n) is 4.60. The van der Waals surface area contributed by atoms with Crippen molar-refractivity contribution in [2.24, 2.45) is 0 Å². The number of amidine groups is 1. The zero-order chi connectivity index (χ0) is 27.0. The Morgan fingerprint density at radius 2 is 1.79 bits per heavy atom. The summed E-state index contributed by atoms with van der Waals surface area (Å²) in [4.78, 5) is 34.2. The van der Waals surface area contributed by atoms with Crippen molar-refractivity contribution in [3.05, 3.63) is 57.5 Å². The topological polar surface area (TPSA) is 136 Å². The molecule has 38 heavy (non-hydrogen) atoms. The molecule has 0 unspecified atom stereocenters.